The van der Waals surface area contributed by atoms with E-state index < -0.39 is 30.0 Å². The van der Waals surface area contributed by atoms with Gasteiger partial charge in [-0.2, -0.15) is 11.8 Å². The van der Waals surface area contributed by atoms with Crippen molar-refractivity contribution in [2.75, 3.05) is 24.7 Å². The highest BCUT2D eigenvalue weighted by Crippen LogP contribution is 2.31. The SMILES string of the molecule is CC(=O)N[C@H]1[C@H](C)O[C@@](OCCCSCCN)(C(=O)O)C[C@@H]1O. The Labute approximate surface area is 140 Å². The molecule has 0 aromatic heterocycles. The number of carbonyl (C=O) groups excluding carboxylic acids is 1. The van der Waals surface area contributed by atoms with E-state index in [9.17, 15) is 19.8 Å². The number of ether oxygens (including phenoxy) is 2. The number of aliphatic carboxylic acids is 1. The zero-order valence-corrected chi connectivity index (χ0v) is 14.3. The lowest BCUT2D eigenvalue weighted by Gasteiger charge is -2.43. The number of nitrogens with two attached hydrogens (primary N) is 1. The van der Waals surface area contributed by atoms with Crippen LogP contribution in [0.1, 0.15) is 26.7 Å². The van der Waals surface area contributed by atoms with Crippen molar-refractivity contribution in [2.24, 2.45) is 5.73 Å². The van der Waals surface area contributed by atoms with Crippen molar-refractivity contribution in [1.82, 2.24) is 5.32 Å². The van der Waals surface area contributed by atoms with Crippen LogP contribution in [-0.4, -0.2) is 70.8 Å². The molecule has 0 saturated carbocycles. The van der Waals surface area contributed by atoms with Gasteiger partial charge in [0.25, 0.3) is 5.79 Å². The minimum atomic E-state index is -1.88. The van der Waals surface area contributed by atoms with Crippen LogP contribution in [0.3, 0.4) is 0 Å². The minimum Gasteiger partial charge on any atom is -0.477 e. The molecule has 0 aromatic carbocycles. The quantitative estimate of drug-likeness (QED) is 0.411. The largest absolute Gasteiger partial charge is 0.477 e. The average Bonchev–Trinajstić information content (AvgIpc) is 2.46. The number of amides is 1. The first-order valence-electron chi connectivity index (χ1n) is 7.60. The number of carbonyl (C=O) groups is 2. The van der Waals surface area contributed by atoms with Gasteiger partial charge in [0.2, 0.25) is 5.91 Å². The first-order chi connectivity index (χ1) is 10.8. The Hall–Kier alpha value is -0.870. The third-order valence-electron chi connectivity index (χ3n) is 3.50. The van der Waals surface area contributed by atoms with Gasteiger partial charge >= 0.3 is 5.97 Å². The number of carboxylic acids is 1. The second-order valence-corrected chi connectivity index (χ2v) is 6.71. The van der Waals surface area contributed by atoms with Crippen molar-refractivity contribution in [1.29, 1.82) is 0 Å². The molecule has 0 bridgehead atoms. The Morgan fingerprint density at radius 2 is 2.17 bits per heavy atom. The first-order valence-corrected chi connectivity index (χ1v) is 8.76. The highest BCUT2D eigenvalue weighted by atomic mass is 32.2. The fourth-order valence-electron chi connectivity index (χ4n) is 2.46. The second-order valence-electron chi connectivity index (χ2n) is 5.48. The van der Waals surface area contributed by atoms with Gasteiger partial charge in [-0.1, -0.05) is 0 Å². The number of aliphatic hydroxyl groups is 1. The van der Waals surface area contributed by atoms with E-state index in [1.54, 1.807) is 18.7 Å². The van der Waals surface area contributed by atoms with Gasteiger partial charge in [-0.15, -0.1) is 0 Å². The zero-order chi connectivity index (χ0) is 17.5. The summed E-state index contributed by atoms with van der Waals surface area (Å²) >= 11 is 1.67. The molecular formula is C14H26N2O6S. The van der Waals surface area contributed by atoms with E-state index in [1.807, 2.05) is 0 Å². The summed E-state index contributed by atoms with van der Waals surface area (Å²) in [5.74, 6) is -1.83. The van der Waals surface area contributed by atoms with Gasteiger partial charge in [0.15, 0.2) is 0 Å². The van der Waals surface area contributed by atoms with Crippen molar-refractivity contribution in [2.45, 2.75) is 50.7 Å². The summed E-state index contributed by atoms with van der Waals surface area (Å²) in [5, 5.41) is 22.2. The summed E-state index contributed by atoms with van der Waals surface area (Å²) < 4.78 is 11.0. The molecule has 1 aliphatic heterocycles. The number of hydrogen-bond donors (Lipinski definition) is 4. The van der Waals surface area contributed by atoms with Crippen molar-refractivity contribution in [3.8, 4) is 0 Å². The normalized spacial score (nSPS) is 30.9. The summed E-state index contributed by atoms with van der Waals surface area (Å²) in [7, 11) is 0. The molecule has 5 N–H and O–H groups in total. The van der Waals surface area contributed by atoms with Crippen molar-refractivity contribution >= 4 is 23.6 Å². The van der Waals surface area contributed by atoms with E-state index in [0.29, 0.717) is 13.0 Å². The Morgan fingerprint density at radius 1 is 1.48 bits per heavy atom. The summed E-state index contributed by atoms with van der Waals surface area (Å²) in [4.78, 5) is 22.8. The maximum absolute atomic E-state index is 11.6. The number of nitrogens with one attached hydrogen (secondary N) is 1. The van der Waals surface area contributed by atoms with Gasteiger partial charge < -0.3 is 30.7 Å². The highest BCUT2D eigenvalue weighted by molar-refractivity contribution is 7.99. The number of hydrogen-bond acceptors (Lipinski definition) is 7. The van der Waals surface area contributed by atoms with Gasteiger partial charge in [-0.25, -0.2) is 4.79 Å². The van der Waals surface area contributed by atoms with Crippen LogP contribution in [0.15, 0.2) is 0 Å². The topological polar surface area (TPSA) is 131 Å². The first kappa shape index (κ1) is 20.2. The lowest BCUT2D eigenvalue weighted by atomic mass is 9.93. The molecule has 0 aromatic rings. The fourth-order valence-corrected chi connectivity index (χ4v) is 3.15. The molecule has 134 valence electrons. The van der Waals surface area contributed by atoms with E-state index in [1.165, 1.54) is 6.92 Å². The molecule has 1 aliphatic rings. The number of thioether (sulfide) groups is 1. The number of aliphatic hydroxyl groups excluding tert-OH is 1. The third-order valence-corrected chi connectivity index (χ3v) is 4.60. The summed E-state index contributed by atoms with van der Waals surface area (Å²) in [5.41, 5.74) is 5.39. The Balaban J connectivity index is 2.61. The molecule has 0 spiro atoms. The Kier molecular flexibility index (Phi) is 8.27. The molecule has 9 heteroatoms. The Bertz CT molecular complexity index is 397. The summed E-state index contributed by atoms with van der Waals surface area (Å²) in [6.45, 7) is 3.73. The fraction of sp³-hybridized carbons (Fsp3) is 0.857. The van der Waals surface area contributed by atoms with Gasteiger partial charge in [0, 0.05) is 25.6 Å². The van der Waals surface area contributed by atoms with Crippen molar-refractivity contribution < 1.29 is 29.3 Å². The summed E-state index contributed by atoms with van der Waals surface area (Å²) in [6, 6.07) is -0.663. The van der Waals surface area contributed by atoms with E-state index in [2.05, 4.69) is 5.32 Å². The lowest BCUT2D eigenvalue weighted by Crippen LogP contribution is -2.63. The lowest BCUT2D eigenvalue weighted by molar-refractivity contribution is -0.292. The van der Waals surface area contributed by atoms with Crippen LogP contribution >= 0.6 is 11.8 Å². The minimum absolute atomic E-state index is 0.202. The maximum Gasteiger partial charge on any atom is 0.364 e. The van der Waals surface area contributed by atoms with Crippen LogP contribution in [0.5, 0.6) is 0 Å². The Morgan fingerprint density at radius 3 is 2.70 bits per heavy atom. The summed E-state index contributed by atoms with van der Waals surface area (Å²) in [6.07, 6.45) is -1.34. The third kappa shape index (κ3) is 5.92. The van der Waals surface area contributed by atoms with Gasteiger partial charge in [-0.05, 0) is 19.1 Å². The second kappa shape index (κ2) is 9.43. The maximum atomic E-state index is 11.6. The molecule has 1 amide bonds. The smallest absolute Gasteiger partial charge is 0.364 e. The highest BCUT2D eigenvalue weighted by Gasteiger charge is 2.51. The molecule has 23 heavy (non-hydrogen) atoms. The van der Waals surface area contributed by atoms with Crippen LogP contribution in [0, 0.1) is 0 Å². The molecular weight excluding hydrogens is 324 g/mol. The van der Waals surface area contributed by atoms with E-state index >= 15 is 0 Å². The monoisotopic (exact) mass is 350 g/mol. The van der Waals surface area contributed by atoms with E-state index in [-0.39, 0.29) is 18.9 Å². The molecule has 0 unspecified atom stereocenters. The van der Waals surface area contributed by atoms with E-state index in [4.69, 9.17) is 15.2 Å². The van der Waals surface area contributed by atoms with Crippen LogP contribution in [0.25, 0.3) is 0 Å². The molecule has 0 aliphatic carbocycles. The van der Waals surface area contributed by atoms with Crippen LogP contribution in [0.2, 0.25) is 0 Å². The predicted octanol–water partition coefficient (Wildman–Crippen LogP) is -0.460. The van der Waals surface area contributed by atoms with Gasteiger partial charge in [0.05, 0.1) is 24.9 Å². The molecule has 1 saturated heterocycles. The molecule has 4 atom stereocenters. The van der Waals surface area contributed by atoms with Gasteiger partial charge in [-0.3, -0.25) is 4.79 Å². The van der Waals surface area contributed by atoms with Crippen LogP contribution < -0.4 is 11.1 Å². The van der Waals surface area contributed by atoms with E-state index in [0.717, 1.165) is 11.5 Å². The molecule has 1 rings (SSSR count). The van der Waals surface area contributed by atoms with Crippen molar-refractivity contribution in [3.05, 3.63) is 0 Å². The standard InChI is InChI=1S/C14H26N2O6S/c1-9-12(16-10(2)17)11(18)8-14(22-9,13(19)20)21-5-3-6-23-7-4-15/h9,11-12,18H,3-8,15H2,1-2H3,(H,16,17)(H,19,20)/t9-,11-,12-,14+/m0/s1. The molecule has 1 fully saturated rings. The van der Waals surface area contributed by atoms with Gasteiger partial charge in [0.1, 0.15) is 0 Å². The van der Waals surface area contributed by atoms with Crippen LogP contribution in [0.4, 0.5) is 0 Å². The van der Waals surface area contributed by atoms with Crippen LogP contribution in [-0.2, 0) is 19.1 Å². The predicted molar refractivity (Wildman–Crippen MR) is 86.1 cm³/mol. The number of rotatable bonds is 9. The van der Waals surface area contributed by atoms with Crippen molar-refractivity contribution in [3.63, 3.8) is 0 Å². The molecule has 8 nitrogen and oxygen atoms in total. The molecule has 0 radical (unpaired) electrons. The zero-order valence-electron chi connectivity index (χ0n) is 13.5. The molecule has 1 heterocycles. The average molecular weight is 350 g/mol. The number of carboxylic acid groups (broad SMARTS) is 1.